The van der Waals surface area contributed by atoms with Crippen LogP contribution in [0.1, 0.15) is 18.2 Å². The van der Waals surface area contributed by atoms with Crippen molar-refractivity contribution < 1.29 is 18.0 Å². The SMILES string of the molecule is C[C@@H](N)C(=O)NCc1cn(C)nc1C(F)(F)F. The van der Waals surface area contributed by atoms with E-state index >= 15 is 0 Å². The smallest absolute Gasteiger partial charge is 0.351 e. The summed E-state index contributed by atoms with van der Waals surface area (Å²) in [6, 6.07) is -0.763. The zero-order chi connectivity index (χ0) is 13.2. The molecule has 1 aromatic heterocycles. The fraction of sp³-hybridized carbons (Fsp3) is 0.556. The molecule has 96 valence electrons. The van der Waals surface area contributed by atoms with E-state index in [0.717, 1.165) is 4.68 Å². The number of aryl methyl sites for hydroxylation is 1. The van der Waals surface area contributed by atoms with Gasteiger partial charge in [-0.2, -0.15) is 18.3 Å². The topological polar surface area (TPSA) is 72.9 Å². The number of hydrogen-bond donors (Lipinski definition) is 2. The highest BCUT2D eigenvalue weighted by Crippen LogP contribution is 2.30. The van der Waals surface area contributed by atoms with E-state index in [4.69, 9.17) is 5.73 Å². The van der Waals surface area contributed by atoms with Gasteiger partial charge in [-0.15, -0.1) is 0 Å². The number of amides is 1. The van der Waals surface area contributed by atoms with Gasteiger partial charge in [0.05, 0.1) is 6.04 Å². The predicted molar refractivity (Wildman–Crippen MR) is 53.7 cm³/mol. The van der Waals surface area contributed by atoms with Gasteiger partial charge in [-0.1, -0.05) is 0 Å². The van der Waals surface area contributed by atoms with Crippen molar-refractivity contribution >= 4 is 5.91 Å². The van der Waals surface area contributed by atoms with Gasteiger partial charge in [0.15, 0.2) is 5.69 Å². The molecule has 17 heavy (non-hydrogen) atoms. The molecule has 0 aliphatic carbocycles. The lowest BCUT2D eigenvalue weighted by atomic mass is 10.2. The minimum absolute atomic E-state index is 0.0889. The maximum Gasteiger partial charge on any atom is 0.435 e. The number of hydrogen-bond acceptors (Lipinski definition) is 3. The molecule has 0 bridgehead atoms. The van der Waals surface area contributed by atoms with Crippen LogP contribution in [-0.4, -0.2) is 21.7 Å². The second-order valence-electron chi connectivity index (χ2n) is 3.68. The molecule has 0 radical (unpaired) electrons. The van der Waals surface area contributed by atoms with E-state index in [9.17, 15) is 18.0 Å². The van der Waals surface area contributed by atoms with Crippen LogP contribution in [0, 0.1) is 0 Å². The first-order chi connectivity index (χ1) is 7.71. The van der Waals surface area contributed by atoms with Crippen molar-refractivity contribution in [3.05, 3.63) is 17.5 Å². The lowest BCUT2D eigenvalue weighted by Crippen LogP contribution is -2.38. The molecule has 0 aromatic carbocycles. The van der Waals surface area contributed by atoms with Crippen molar-refractivity contribution in [2.75, 3.05) is 0 Å². The van der Waals surface area contributed by atoms with Crippen LogP contribution in [-0.2, 0) is 24.6 Å². The summed E-state index contributed by atoms with van der Waals surface area (Å²) >= 11 is 0. The minimum Gasteiger partial charge on any atom is -0.351 e. The molecule has 1 aromatic rings. The van der Waals surface area contributed by atoms with Crippen LogP contribution in [0.2, 0.25) is 0 Å². The van der Waals surface area contributed by atoms with Crippen LogP contribution >= 0.6 is 0 Å². The number of rotatable bonds is 3. The van der Waals surface area contributed by atoms with E-state index in [-0.39, 0.29) is 12.1 Å². The third-order valence-corrected chi connectivity index (χ3v) is 2.04. The average Bonchev–Trinajstić information content (AvgIpc) is 2.55. The third kappa shape index (κ3) is 3.45. The van der Waals surface area contributed by atoms with Crippen molar-refractivity contribution in [3.63, 3.8) is 0 Å². The van der Waals surface area contributed by atoms with Crippen molar-refractivity contribution in [1.82, 2.24) is 15.1 Å². The number of carbonyl (C=O) groups is 1. The summed E-state index contributed by atoms with van der Waals surface area (Å²) in [5.74, 6) is -0.512. The summed E-state index contributed by atoms with van der Waals surface area (Å²) in [5.41, 5.74) is 4.19. The number of carbonyl (C=O) groups excluding carboxylic acids is 1. The number of nitrogens with zero attached hydrogens (tertiary/aromatic N) is 2. The predicted octanol–water partition coefficient (Wildman–Crippen LogP) is 0.402. The molecule has 8 heteroatoms. The van der Waals surface area contributed by atoms with Gasteiger partial charge in [-0.25, -0.2) is 0 Å². The van der Waals surface area contributed by atoms with Crippen LogP contribution in [0.3, 0.4) is 0 Å². The molecule has 0 unspecified atom stereocenters. The summed E-state index contributed by atoms with van der Waals surface area (Å²) in [5, 5.41) is 5.62. The van der Waals surface area contributed by atoms with Crippen LogP contribution < -0.4 is 11.1 Å². The quantitative estimate of drug-likeness (QED) is 0.815. The number of aromatic nitrogens is 2. The number of nitrogens with one attached hydrogen (secondary N) is 1. The maximum atomic E-state index is 12.5. The molecule has 1 heterocycles. The van der Waals surface area contributed by atoms with Gasteiger partial charge in [0.25, 0.3) is 0 Å². The zero-order valence-electron chi connectivity index (χ0n) is 9.38. The standard InChI is InChI=1S/C9H13F3N4O/c1-5(13)8(17)14-3-6-4-16(2)15-7(6)9(10,11)12/h4-5H,3,13H2,1-2H3,(H,14,17)/t5-/m1/s1. The molecule has 1 atom stereocenters. The summed E-state index contributed by atoms with van der Waals surface area (Å²) in [6.45, 7) is 1.20. The Morgan fingerprint density at radius 3 is 2.71 bits per heavy atom. The first-order valence-corrected chi connectivity index (χ1v) is 4.85. The van der Waals surface area contributed by atoms with Crippen molar-refractivity contribution in [3.8, 4) is 0 Å². The molecule has 0 aliphatic heterocycles. The summed E-state index contributed by atoms with van der Waals surface area (Å²) < 4.78 is 38.6. The Labute approximate surface area is 95.8 Å². The molecule has 1 rings (SSSR count). The first-order valence-electron chi connectivity index (χ1n) is 4.85. The van der Waals surface area contributed by atoms with Gasteiger partial charge in [-0.05, 0) is 6.92 Å². The van der Waals surface area contributed by atoms with E-state index in [1.165, 1.54) is 20.2 Å². The Kier molecular flexibility index (Phi) is 3.76. The van der Waals surface area contributed by atoms with Crippen LogP contribution in [0.15, 0.2) is 6.20 Å². The maximum absolute atomic E-state index is 12.5. The zero-order valence-corrected chi connectivity index (χ0v) is 9.38. The van der Waals surface area contributed by atoms with Gasteiger partial charge in [0.2, 0.25) is 5.91 Å². The molecule has 0 fully saturated rings. The van der Waals surface area contributed by atoms with E-state index in [0.29, 0.717) is 0 Å². The molecule has 0 aliphatic rings. The first kappa shape index (κ1) is 13.5. The highest BCUT2D eigenvalue weighted by atomic mass is 19.4. The largest absolute Gasteiger partial charge is 0.435 e. The monoisotopic (exact) mass is 250 g/mol. The normalized spacial score (nSPS) is 13.5. The molecule has 0 saturated carbocycles. The molecule has 1 amide bonds. The molecule has 0 spiro atoms. The summed E-state index contributed by atoms with van der Waals surface area (Å²) in [7, 11) is 1.38. The Morgan fingerprint density at radius 2 is 2.24 bits per heavy atom. The summed E-state index contributed by atoms with van der Waals surface area (Å²) in [6.07, 6.45) is -3.32. The van der Waals surface area contributed by atoms with Gasteiger partial charge >= 0.3 is 6.18 Å². The van der Waals surface area contributed by atoms with E-state index in [1.54, 1.807) is 0 Å². The number of alkyl halides is 3. The molecule has 3 N–H and O–H groups in total. The lowest BCUT2D eigenvalue weighted by molar-refractivity contribution is -0.142. The fourth-order valence-electron chi connectivity index (χ4n) is 1.25. The Hall–Kier alpha value is -1.57. The van der Waals surface area contributed by atoms with Crippen LogP contribution in [0.25, 0.3) is 0 Å². The average molecular weight is 250 g/mol. The van der Waals surface area contributed by atoms with Gasteiger partial charge in [0, 0.05) is 25.4 Å². The Bertz CT molecular complexity index is 411. The van der Waals surface area contributed by atoms with E-state index in [1.807, 2.05) is 0 Å². The van der Waals surface area contributed by atoms with Crippen LogP contribution in [0.4, 0.5) is 13.2 Å². The lowest BCUT2D eigenvalue weighted by Gasteiger charge is -2.08. The fourth-order valence-corrected chi connectivity index (χ4v) is 1.25. The second-order valence-corrected chi connectivity index (χ2v) is 3.68. The van der Waals surface area contributed by atoms with Gasteiger partial charge in [0.1, 0.15) is 0 Å². The number of halogens is 3. The van der Waals surface area contributed by atoms with E-state index < -0.39 is 23.8 Å². The summed E-state index contributed by atoms with van der Waals surface area (Å²) in [4.78, 5) is 11.1. The second kappa shape index (κ2) is 4.74. The third-order valence-electron chi connectivity index (χ3n) is 2.04. The highest BCUT2D eigenvalue weighted by molar-refractivity contribution is 5.80. The van der Waals surface area contributed by atoms with E-state index in [2.05, 4.69) is 10.4 Å². The molecular formula is C9H13F3N4O. The van der Waals surface area contributed by atoms with Gasteiger partial charge in [-0.3, -0.25) is 9.48 Å². The number of nitrogens with two attached hydrogens (primary N) is 1. The Morgan fingerprint density at radius 1 is 1.65 bits per heavy atom. The molecular weight excluding hydrogens is 237 g/mol. The Balaban J connectivity index is 2.81. The van der Waals surface area contributed by atoms with Crippen LogP contribution in [0.5, 0.6) is 0 Å². The van der Waals surface area contributed by atoms with Crippen molar-refractivity contribution in [2.45, 2.75) is 25.7 Å². The van der Waals surface area contributed by atoms with Crippen molar-refractivity contribution in [1.29, 1.82) is 0 Å². The van der Waals surface area contributed by atoms with Crippen molar-refractivity contribution in [2.24, 2.45) is 12.8 Å². The highest BCUT2D eigenvalue weighted by Gasteiger charge is 2.36. The molecule has 0 saturated heterocycles. The minimum atomic E-state index is -4.53. The molecule has 5 nitrogen and oxygen atoms in total. The van der Waals surface area contributed by atoms with Gasteiger partial charge < -0.3 is 11.1 Å².